The van der Waals surface area contributed by atoms with Crippen molar-refractivity contribution < 1.29 is 19.4 Å². The van der Waals surface area contributed by atoms with Gasteiger partial charge in [-0.15, -0.1) is 0 Å². The van der Waals surface area contributed by atoms with E-state index < -0.39 is 23.5 Å². The third-order valence-corrected chi connectivity index (χ3v) is 3.24. The molecule has 0 saturated heterocycles. The molecule has 25 heavy (non-hydrogen) atoms. The number of carbonyl (C=O) groups excluding carboxylic acids is 1. The molecule has 1 unspecified atom stereocenters. The number of nitrogens with one attached hydrogen (secondary N) is 2. The van der Waals surface area contributed by atoms with E-state index in [0.29, 0.717) is 5.75 Å². The van der Waals surface area contributed by atoms with Crippen LogP contribution in [0.3, 0.4) is 0 Å². The Kier molecular flexibility index (Phi) is 5.67. The van der Waals surface area contributed by atoms with E-state index in [1.807, 2.05) is 0 Å². The highest BCUT2D eigenvalue weighted by Crippen LogP contribution is 2.16. The number of aromatic nitrogens is 2. The van der Waals surface area contributed by atoms with Crippen molar-refractivity contribution in [2.24, 2.45) is 0 Å². The third kappa shape index (κ3) is 4.77. The molecule has 1 aromatic carbocycles. The number of benzene rings is 1. The predicted octanol–water partition coefficient (Wildman–Crippen LogP) is 1.15. The molecular weight excluding hydrogens is 326 g/mol. The second-order valence-electron chi connectivity index (χ2n) is 5.09. The van der Waals surface area contributed by atoms with Crippen molar-refractivity contribution >= 4 is 24.0 Å². The molecule has 0 aliphatic rings. The van der Waals surface area contributed by atoms with Crippen molar-refractivity contribution in [1.29, 1.82) is 0 Å². The average Bonchev–Trinajstić information content (AvgIpc) is 2.59. The maximum absolute atomic E-state index is 11.8. The number of carboxylic acids is 1. The Balaban J connectivity index is 2.17. The van der Waals surface area contributed by atoms with Crippen molar-refractivity contribution in [3.63, 3.8) is 0 Å². The Morgan fingerprint density at radius 2 is 2.12 bits per heavy atom. The number of carboxylic acid groups (broad SMARTS) is 1. The maximum Gasteiger partial charge on any atom is 0.344 e. The summed E-state index contributed by atoms with van der Waals surface area (Å²) in [6, 6.07) is 6.81. The lowest BCUT2D eigenvalue weighted by Gasteiger charge is -2.10. The van der Waals surface area contributed by atoms with Crippen LogP contribution in [0.5, 0.6) is 5.75 Å². The molecule has 130 valence electrons. The van der Waals surface area contributed by atoms with Crippen LogP contribution in [0.15, 0.2) is 35.3 Å². The molecule has 0 aliphatic heterocycles. The largest absolute Gasteiger partial charge is 0.479 e. The summed E-state index contributed by atoms with van der Waals surface area (Å²) in [5.41, 5.74) is 0.118. The van der Waals surface area contributed by atoms with Crippen LogP contribution in [0, 0.1) is 0 Å². The molecule has 8 heteroatoms. The van der Waals surface area contributed by atoms with E-state index in [-0.39, 0.29) is 11.4 Å². The molecule has 0 saturated carbocycles. The van der Waals surface area contributed by atoms with Crippen LogP contribution >= 0.6 is 0 Å². The van der Waals surface area contributed by atoms with Gasteiger partial charge in [-0.25, -0.2) is 9.78 Å². The van der Waals surface area contributed by atoms with Crippen LogP contribution in [0.4, 0.5) is 0 Å². The van der Waals surface area contributed by atoms with E-state index in [4.69, 9.17) is 9.84 Å². The maximum atomic E-state index is 11.8. The van der Waals surface area contributed by atoms with Gasteiger partial charge in [-0.2, -0.15) is 0 Å². The van der Waals surface area contributed by atoms with Gasteiger partial charge in [0, 0.05) is 13.2 Å². The molecule has 0 aliphatic carbocycles. The Morgan fingerprint density at radius 3 is 2.76 bits per heavy atom. The Morgan fingerprint density at radius 1 is 1.36 bits per heavy atom. The van der Waals surface area contributed by atoms with Crippen molar-refractivity contribution in [2.45, 2.75) is 13.0 Å². The first-order valence-corrected chi connectivity index (χ1v) is 7.39. The molecule has 2 rings (SSSR count). The molecular formula is C17H17N3O5. The summed E-state index contributed by atoms with van der Waals surface area (Å²) in [6.07, 6.45) is 3.48. The molecule has 1 heterocycles. The van der Waals surface area contributed by atoms with Crippen molar-refractivity contribution in [2.75, 3.05) is 7.05 Å². The van der Waals surface area contributed by atoms with Gasteiger partial charge in [-0.1, -0.05) is 18.2 Å². The fraction of sp³-hybridized carbons (Fsp3) is 0.176. The minimum absolute atomic E-state index is 0.0716. The summed E-state index contributed by atoms with van der Waals surface area (Å²) >= 11 is 0. The lowest BCUT2D eigenvalue weighted by atomic mass is 10.2. The normalized spacial score (nSPS) is 11.9. The first-order chi connectivity index (χ1) is 11.9. The Hall–Kier alpha value is -3.42. The molecule has 8 nitrogen and oxygen atoms in total. The van der Waals surface area contributed by atoms with E-state index in [1.165, 1.54) is 20.2 Å². The Labute approximate surface area is 143 Å². The highest BCUT2D eigenvalue weighted by Gasteiger charge is 2.12. The number of aromatic amines is 1. The quantitative estimate of drug-likeness (QED) is 0.723. The molecule has 0 bridgehead atoms. The average molecular weight is 343 g/mol. The highest BCUT2D eigenvalue weighted by atomic mass is 16.5. The van der Waals surface area contributed by atoms with E-state index in [2.05, 4.69) is 15.3 Å². The molecule has 3 N–H and O–H groups in total. The smallest absolute Gasteiger partial charge is 0.344 e. The summed E-state index contributed by atoms with van der Waals surface area (Å²) in [5.74, 6) is -0.878. The van der Waals surface area contributed by atoms with Gasteiger partial charge in [-0.3, -0.25) is 9.59 Å². The first kappa shape index (κ1) is 17.9. The number of nitrogens with zero attached hydrogens (tertiary/aromatic N) is 1. The third-order valence-electron chi connectivity index (χ3n) is 3.24. The van der Waals surface area contributed by atoms with Gasteiger partial charge < -0.3 is 20.1 Å². The van der Waals surface area contributed by atoms with E-state index in [0.717, 1.165) is 5.56 Å². The molecule has 2 aromatic rings. The number of amides is 1. The lowest BCUT2D eigenvalue weighted by molar-refractivity contribution is -0.144. The summed E-state index contributed by atoms with van der Waals surface area (Å²) in [7, 11) is 1.43. The monoisotopic (exact) mass is 343 g/mol. The number of aliphatic carboxylic acids is 1. The zero-order valence-corrected chi connectivity index (χ0v) is 13.6. The van der Waals surface area contributed by atoms with Crippen molar-refractivity contribution in [1.82, 2.24) is 15.3 Å². The van der Waals surface area contributed by atoms with Gasteiger partial charge in [0.15, 0.2) is 6.10 Å². The molecule has 1 amide bonds. The van der Waals surface area contributed by atoms with Gasteiger partial charge in [0.2, 0.25) is 0 Å². The van der Waals surface area contributed by atoms with Gasteiger partial charge >= 0.3 is 5.97 Å². The Bertz CT molecular complexity index is 873. The van der Waals surface area contributed by atoms with Crippen LogP contribution in [0.25, 0.3) is 12.2 Å². The predicted molar refractivity (Wildman–Crippen MR) is 91.3 cm³/mol. The summed E-state index contributed by atoms with van der Waals surface area (Å²) < 4.78 is 5.29. The number of hydrogen-bond donors (Lipinski definition) is 3. The molecule has 0 spiro atoms. The molecule has 1 aromatic heterocycles. The van der Waals surface area contributed by atoms with Crippen LogP contribution < -0.4 is 15.6 Å². The van der Waals surface area contributed by atoms with E-state index in [9.17, 15) is 14.4 Å². The number of rotatable bonds is 6. The SMILES string of the molecule is CNC(=O)c1cnc(/C=C/c2cccc(OC(C)C(=O)O)c2)[nH]c1=O. The van der Waals surface area contributed by atoms with E-state index in [1.54, 1.807) is 36.4 Å². The topological polar surface area (TPSA) is 121 Å². The minimum Gasteiger partial charge on any atom is -0.479 e. The summed E-state index contributed by atoms with van der Waals surface area (Å²) in [5, 5.41) is 11.2. The first-order valence-electron chi connectivity index (χ1n) is 7.39. The second kappa shape index (κ2) is 7.91. The van der Waals surface area contributed by atoms with Gasteiger partial charge in [0.1, 0.15) is 17.1 Å². The van der Waals surface area contributed by atoms with Crippen LogP contribution in [-0.4, -0.2) is 40.1 Å². The molecule has 0 fully saturated rings. The summed E-state index contributed by atoms with van der Waals surface area (Å²) in [6.45, 7) is 1.44. The van der Waals surface area contributed by atoms with E-state index >= 15 is 0 Å². The summed E-state index contributed by atoms with van der Waals surface area (Å²) in [4.78, 5) is 40.6. The standard InChI is InChI=1S/C17H17N3O5/c1-10(17(23)24)25-12-5-3-4-11(8-12)6-7-14-19-9-13(15(21)18-2)16(22)20-14/h3-10H,1-2H3,(H,18,21)(H,23,24)(H,19,20,22)/b7-6+. The highest BCUT2D eigenvalue weighted by molar-refractivity contribution is 5.93. The number of hydrogen-bond acceptors (Lipinski definition) is 5. The zero-order chi connectivity index (χ0) is 18.4. The fourth-order valence-corrected chi connectivity index (χ4v) is 1.91. The van der Waals surface area contributed by atoms with Crippen LogP contribution in [0.2, 0.25) is 0 Å². The van der Waals surface area contributed by atoms with Gasteiger partial charge in [0.25, 0.3) is 11.5 Å². The number of carbonyl (C=O) groups is 2. The number of H-pyrrole nitrogens is 1. The molecule has 0 radical (unpaired) electrons. The number of ether oxygens (including phenoxy) is 1. The zero-order valence-electron chi connectivity index (χ0n) is 13.6. The fourth-order valence-electron chi connectivity index (χ4n) is 1.91. The van der Waals surface area contributed by atoms with Crippen molar-refractivity contribution in [3.8, 4) is 5.75 Å². The van der Waals surface area contributed by atoms with Crippen molar-refractivity contribution in [3.05, 3.63) is 57.8 Å². The lowest BCUT2D eigenvalue weighted by Crippen LogP contribution is -2.27. The molecule has 1 atom stereocenters. The van der Waals surface area contributed by atoms with Crippen LogP contribution in [-0.2, 0) is 4.79 Å². The second-order valence-corrected chi connectivity index (χ2v) is 5.09. The van der Waals surface area contributed by atoms with Crippen LogP contribution in [0.1, 0.15) is 28.7 Å². The van der Waals surface area contributed by atoms with Gasteiger partial charge in [-0.05, 0) is 30.7 Å². The minimum atomic E-state index is -1.06. The van der Waals surface area contributed by atoms with Gasteiger partial charge in [0.05, 0.1) is 0 Å².